The van der Waals surface area contributed by atoms with Crippen LogP contribution in [0.2, 0.25) is 0 Å². The summed E-state index contributed by atoms with van der Waals surface area (Å²) in [7, 11) is -2.79. The minimum absolute atomic E-state index is 0.335. The number of benzene rings is 6. The molecule has 9 heteroatoms. The Kier molecular flexibility index (Phi) is 10.2. The molecule has 2 fully saturated rings. The molecule has 0 aliphatic carbocycles. The molecule has 0 amide bonds. The third-order valence-electron chi connectivity index (χ3n) is 14.1. The summed E-state index contributed by atoms with van der Waals surface area (Å²) < 4.78 is 26.2. The van der Waals surface area contributed by atoms with Gasteiger partial charge in [-0.25, -0.2) is 4.79 Å². The fraction of sp³-hybridized carbons (Fsp3) is 0.288. The van der Waals surface area contributed by atoms with Gasteiger partial charge in [0.25, 0.3) is 0 Å². The van der Waals surface area contributed by atoms with Crippen LogP contribution in [0.15, 0.2) is 152 Å². The van der Waals surface area contributed by atoms with E-state index >= 15 is 0 Å². The maximum atomic E-state index is 13.5. The molecule has 0 bridgehead atoms. The second kappa shape index (κ2) is 15.6. The molecule has 0 radical (unpaired) electrons. The first-order chi connectivity index (χ1) is 29.6. The van der Waals surface area contributed by atoms with Crippen molar-refractivity contribution in [2.75, 3.05) is 43.8 Å². The molecule has 4 heterocycles. The number of piperazine rings is 1. The van der Waals surface area contributed by atoms with E-state index in [2.05, 4.69) is 147 Å². The van der Waals surface area contributed by atoms with E-state index in [0.717, 1.165) is 67.0 Å². The Labute approximate surface area is 361 Å². The van der Waals surface area contributed by atoms with E-state index < -0.39 is 31.2 Å². The summed E-state index contributed by atoms with van der Waals surface area (Å²) in [6.07, 6.45) is 3.49. The summed E-state index contributed by atoms with van der Waals surface area (Å²) in [6, 6.07) is 53.9. The number of carbonyl (C=O) groups excluding carboxylic acids is 1. The van der Waals surface area contributed by atoms with Crippen molar-refractivity contribution < 1.29 is 23.6 Å². The topological polar surface area (TPSA) is 60.5 Å². The van der Waals surface area contributed by atoms with Gasteiger partial charge >= 0.3 is 229 Å². The minimum Gasteiger partial charge on any atom is -0.440 e. The van der Waals surface area contributed by atoms with Gasteiger partial charge in [-0.2, -0.15) is 0 Å². The molecule has 1 unspecified atom stereocenters. The molecule has 6 aromatic rings. The summed E-state index contributed by atoms with van der Waals surface area (Å²) in [5, 5.41) is 4.43. The van der Waals surface area contributed by atoms with Crippen LogP contribution in [0.3, 0.4) is 0 Å². The van der Waals surface area contributed by atoms with Crippen molar-refractivity contribution in [1.82, 2.24) is 4.90 Å². The van der Waals surface area contributed by atoms with Crippen molar-refractivity contribution in [2.45, 2.75) is 57.3 Å². The van der Waals surface area contributed by atoms with Gasteiger partial charge in [0.2, 0.25) is 0 Å². The standard InChI is InChI=1S/C52H54BN2O5P/c1-50(2)51(3,4)60-53(59-50)38-26-28-45-47(36-38)57-48-37-39(27-29-46(48)52(45)44-25-15-14-24-43(44)49(56)58-52)55-33-31-54(32-34-55)30-16-17-35-61(40-18-8-5-9-19-40,41-20-10-6-11-21-41)42-22-12-7-13-23-42/h5-15,18-29,36-37,61H,16-17,30-35H2,1-4H3. The number of esters is 1. The van der Waals surface area contributed by atoms with E-state index in [-0.39, 0.29) is 5.97 Å². The zero-order valence-electron chi connectivity index (χ0n) is 35.6. The van der Waals surface area contributed by atoms with Gasteiger partial charge in [0.05, 0.1) is 16.8 Å². The first-order valence-electron chi connectivity index (χ1n) is 21.9. The van der Waals surface area contributed by atoms with Crippen molar-refractivity contribution >= 4 is 47.4 Å². The van der Waals surface area contributed by atoms with E-state index in [1.54, 1.807) is 0 Å². The number of nitrogens with zero attached hydrogens (tertiary/aromatic N) is 2. The number of carbonyl (C=O) groups is 1. The first kappa shape index (κ1) is 39.9. The van der Waals surface area contributed by atoms with E-state index in [9.17, 15) is 4.79 Å². The molecule has 0 saturated carbocycles. The Bertz CT molecular complexity index is 2450. The Balaban J connectivity index is 0.866. The van der Waals surface area contributed by atoms with Crippen LogP contribution in [0.4, 0.5) is 5.69 Å². The van der Waals surface area contributed by atoms with Crippen LogP contribution in [0, 0.1) is 0 Å². The van der Waals surface area contributed by atoms with E-state index in [1.165, 1.54) is 28.5 Å². The van der Waals surface area contributed by atoms with E-state index in [1.807, 2.05) is 42.5 Å². The predicted octanol–water partition coefficient (Wildman–Crippen LogP) is 8.18. The molecule has 10 rings (SSSR count). The Morgan fingerprint density at radius 1 is 0.590 bits per heavy atom. The number of ether oxygens (including phenoxy) is 2. The Morgan fingerprint density at radius 2 is 1.13 bits per heavy atom. The molecule has 1 atom stereocenters. The summed E-state index contributed by atoms with van der Waals surface area (Å²) >= 11 is 0. The molecule has 7 nitrogen and oxygen atoms in total. The summed E-state index contributed by atoms with van der Waals surface area (Å²) in [5.74, 6) is 0.980. The van der Waals surface area contributed by atoms with E-state index in [4.69, 9.17) is 18.8 Å². The van der Waals surface area contributed by atoms with Gasteiger partial charge in [0, 0.05) is 11.1 Å². The van der Waals surface area contributed by atoms with Crippen LogP contribution in [-0.4, -0.2) is 68.1 Å². The van der Waals surface area contributed by atoms with Crippen molar-refractivity contribution in [3.05, 3.63) is 174 Å². The van der Waals surface area contributed by atoms with Gasteiger partial charge in [-0.3, -0.25) is 0 Å². The van der Waals surface area contributed by atoms with Crippen LogP contribution < -0.4 is 31.0 Å². The molecule has 310 valence electrons. The minimum atomic E-state index is -2.24. The number of unbranched alkanes of at least 4 members (excludes halogenated alkanes) is 1. The zero-order valence-corrected chi connectivity index (χ0v) is 36.6. The second-order valence-corrected chi connectivity index (χ2v) is 22.1. The molecule has 6 aromatic carbocycles. The third-order valence-corrected chi connectivity index (χ3v) is 19.1. The number of hydrogen-bond donors (Lipinski definition) is 0. The first-order valence-corrected chi connectivity index (χ1v) is 24.1. The zero-order chi connectivity index (χ0) is 41.8. The third kappa shape index (κ3) is 6.80. The number of hydrogen-bond acceptors (Lipinski definition) is 7. The maximum absolute atomic E-state index is 13.5. The van der Waals surface area contributed by atoms with Gasteiger partial charge in [0.1, 0.15) is 5.75 Å². The molecule has 1 spiro atoms. The molecule has 0 aromatic heterocycles. The van der Waals surface area contributed by atoms with Gasteiger partial charge in [-0.1, -0.05) is 30.3 Å². The van der Waals surface area contributed by atoms with Crippen LogP contribution in [0.25, 0.3) is 0 Å². The molecule has 4 aliphatic rings. The molecule has 61 heavy (non-hydrogen) atoms. The molecule has 4 aliphatic heterocycles. The SMILES string of the molecule is CC1(C)OB(c2ccc3c(c2)Oc2cc(N4CCN(CCCC[PH](c5ccccc5)(c5ccccc5)c5ccccc5)CC4)ccc2C32OC(=O)c3ccccc32)OC1(C)C. The van der Waals surface area contributed by atoms with E-state index in [0.29, 0.717) is 17.1 Å². The van der Waals surface area contributed by atoms with Crippen molar-refractivity contribution in [2.24, 2.45) is 0 Å². The summed E-state index contributed by atoms with van der Waals surface area (Å²) in [6.45, 7) is 13.1. The van der Waals surface area contributed by atoms with Crippen LogP contribution in [0.5, 0.6) is 11.5 Å². The van der Waals surface area contributed by atoms with Crippen molar-refractivity contribution in [1.29, 1.82) is 0 Å². The fourth-order valence-electron chi connectivity index (χ4n) is 10.1. The predicted molar refractivity (Wildman–Crippen MR) is 250 cm³/mol. The van der Waals surface area contributed by atoms with Crippen LogP contribution in [0.1, 0.15) is 67.6 Å². The number of rotatable bonds is 10. The normalized spacial score (nSPS) is 20.4. The second-order valence-electron chi connectivity index (χ2n) is 18.0. The molecule has 2 saturated heterocycles. The monoisotopic (exact) mass is 828 g/mol. The van der Waals surface area contributed by atoms with Crippen LogP contribution >= 0.6 is 7.26 Å². The Hall–Kier alpha value is -5.24. The number of fused-ring (bicyclic) bond motifs is 6. The molecule has 0 N–H and O–H groups in total. The summed E-state index contributed by atoms with van der Waals surface area (Å²) in [4.78, 5) is 18.6. The van der Waals surface area contributed by atoms with Crippen molar-refractivity contribution in [3.63, 3.8) is 0 Å². The average Bonchev–Trinajstić information content (AvgIpc) is 3.71. The van der Waals surface area contributed by atoms with Gasteiger partial charge in [-0.05, 0) is 45.3 Å². The molecular formula is C52H54BN2O5P. The van der Waals surface area contributed by atoms with Gasteiger partial charge in [0.15, 0.2) is 5.60 Å². The van der Waals surface area contributed by atoms with Crippen LogP contribution in [-0.2, 0) is 19.6 Å². The number of anilines is 1. The average molecular weight is 829 g/mol. The Morgan fingerprint density at radius 3 is 1.74 bits per heavy atom. The van der Waals surface area contributed by atoms with Crippen molar-refractivity contribution in [3.8, 4) is 11.5 Å². The van der Waals surface area contributed by atoms with Gasteiger partial charge in [-0.15, -0.1) is 0 Å². The molecular weight excluding hydrogens is 774 g/mol. The fourth-order valence-corrected chi connectivity index (χ4v) is 15.0. The quantitative estimate of drug-likeness (QED) is 0.0598. The summed E-state index contributed by atoms with van der Waals surface area (Å²) in [5.41, 5.74) is 2.86. The van der Waals surface area contributed by atoms with Gasteiger partial charge < -0.3 is 14.0 Å². The smallest absolute Gasteiger partial charge is 0.440 e.